The maximum Gasteiger partial charge on any atom is 0.411 e. The third kappa shape index (κ3) is 6.40. The lowest BCUT2D eigenvalue weighted by Gasteiger charge is -2.11. The number of hydrogen-bond donors (Lipinski definition) is 1. The lowest BCUT2D eigenvalue weighted by atomic mass is 10.0. The Balaban J connectivity index is 1.93. The summed E-state index contributed by atoms with van der Waals surface area (Å²) in [4.78, 5) is 11.8. The third-order valence-corrected chi connectivity index (χ3v) is 3.63. The van der Waals surface area contributed by atoms with E-state index in [0.29, 0.717) is 10.7 Å². The molecule has 2 aromatic rings. The van der Waals surface area contributed by atoms with E-state index in [1.165, 1.54) is 0 Å². The molecule has 1 N–H and O–H groups in total. The highest BCUT2D eigenvalue weighted by molar-refractivity contribution is 6.30. The number of ether oxygens (including phenoxy) is 1. The number of hydrogen-bond acceptors (Lipinski definition) is 2. The number of aryl methyl sites for hydroxylation is 1. The maximum atomic E-state index is 11.9. The van der Waals surface area contributed by atoms with Crippen LogP contribution in [0.15, 0.2) is 42.5 Å². The highest BCUT2D eigenvalue weighted by atomic mass is 35.5. The second-order valence-electron chi connectivity index (χ2n) is 5.51. The summed E-state index contributed by atoms with van der Waals surface area (Å²) in [6, 6.07) is 12.9. The molecule has 0 atom stereocenters. The number of rotatable bonds is 6. The fourth-order valence-electron chi connectivity index (χ4n) is 2.22. The minimum Gasteiger partial charge on any atom is -0.372 e. The molecule has 2 aromatic carbocycles. The Kier molecular flexibility index (Phi) is 6.45. The zero-order chi connectivity index (χ0) is 18.4. The van der Waals surface area contributed by atoms with Crippen LogP contribution in [0.2, 0.25) is 5.02 Å². The topological polar surface area (TPSA) is 38.3 Å². The van der Waals surface area contributed by atoms with Gasteiger partial charge in [-0.05, 0) is 47.9 Å². The molecule has 0 aliphatic heterocycles. The first-order chi connectivity index (χ1) is 11.7. The summed E-state index contributed by atoms with van der Waals surface area (Å²) in [6.45, 7) is 0.197. The Morgan fingerprint density at radius 1 is 1.16 bits per heavy atom. The molecule has 0 radical (unpaired) electrons. The fraction of sp³-hybridized carbons (Fsp3) is 0.278. The number of carbonyl (C=O) groups excluding carboxylic acids is 1. The molecular weight excluding hydrogens is 355 g/mol. The molecule has 0 fully saturated rings. The van der Waals surface area contributed by atoms with Crippen LogP contribution in [0, 0.1) is 6.92 Å². The van der Waals surface area contributed by atoms with Gasteiger partial charge in [-0.15, -0.1) is 0 Å². The minimum absolute atomic E-state index is 0.147. The normalized spacial score (nSPS) is 11.4. The molecule has 0 aliphatic carbocycles. The van der Waals surface area contributed by atoms with Crippen LogP contribution in [0.5, 0.6) is 0 Å². The van der Waals surface area contributed by atoms with Gasteiger partial charge in [0.05, 0.1) is 13.0 Å². The average Bonchev–Trinajstić information content (AvgIpc) is 2.52. The smallest absolute Gasteiger partial charge is 0.372 e. The van der Waals surface area contributed by atoms with Crippen molar-refractivity contribution in [2.75, 3.05) is 18.5 Å². The highest BCUT2D eigenvalue weighted by Gasteiger charge is 2.27. The SMILES string of the molecule is Cc1cc(-c2cccc(Cl)c2)ccc1NC(=O)CCOCC(F)(F)F. The predicted octanol–water partition coefficient (Wildman–Crippen LogP) is 5.22. The van der Waals surface area contributed by atoms with Crippen LogP contribution in [-0.2, 0) is 9.53 Å². The second-order valence-corrected chi connectivity index (χ2v) is 5.94. The molecule has 0 aliphatic rings. The summed E-state index contributed by atoms with van der Waals surface area (Å²) in [5, 5.41) is 3.30. The van der Waals surface area contributed by atoms with Crippen molar-refractivity contribution in [1.82, 2.24) is 0 Å². The van der Waals surface area contributed by atoms with E-state index < -0.39 is 18.7 Å². The van der Waals surface area contributed by atoms with Gasteiger partial charge in [0.1, 0.15) is 6.61 Å². The van der Waals surface area contributed by atoms with E-state index in [0.717, 1.165) is 16.7 Å². The number of anilines is 1. The van der Waals surface area contributed by atoms with Crippen molar-refractivity contribution in [2.24, 2.45) is 0 Å². The van der Waals surface area contributed by atoms with Crippen molar-refractivity contribution in [3.63, 3.8) is 0 Å². The summed E-state index contributed by atoms with van der Waals surface area (Å²) in [5.74, 6) is -0.402. The zero-order valence-corrected chi connectivity index (χ0v) is 14.2. The molecular formula is C18H17ClF3NO2. The number of nitrogens with one attached hydrogen (secondary N) is 1. The van der Waals surface area contributed by atoms with E-state index in [4.69, 9.17) is 11.6 Å². The first kappa shape index (κ1) is 19.3. The summed E-state index contributed by atoms with van der Waals surface area (Å²) in [6.07, 6.45) is -4.53. The van der Waals surface area contributed by atoms with Gasteiger partial charge in [-0.1, -0.05) is 29.8 Å². The van der Waals surface area contributed by atoms with Crippen molar-refractivity contribution < 1.29 is 22.7 Å². The fourth-order valence-corrected chi connectivity index (χ4v) is 2.41. The van der Waals surface area contributed by atoms with Crippen molar-refractivity contribution in [1.29, 1.82) is 0 Å². The van der Waals surface area contributed by atoms with Crippen LogP contribution in [0.3, 0.4) is 0 Å². The molecule has 0 aromatic heterocycles. The molecule has 0 heterocycles. The Hall–Kier alpha value is -2.05. The Bertz CT molecular complexity index is 747. The first-order valence-electron chi connectivity index (χ1n) is 7.55. The van der Waals surface area contributed by atoms with Gasteiger partial charge < -0.3 is 10.1 Å². The lowest BCUT2D eigenvalue weighted by molar-refractivity contribution is -0.174. The molecule has 0 spiro atoms. The predicted molar refractivity (Wildman–Crippen MR) is 91.7 cm³/mol. The zero-order valence-electron chi connectivity index (χ0n) is 13.5. The molecule has 3 nitrogen and oxygen atoms in total. The molecule has 7 heteroatoms. The minimum atomic E-state index is -4.39. The summed E-state index contributed by atoms with van der Waals surface area (Å²) < 4.78 is 40.3. The first-order valence-corrected chi connectivity index (χ1v) is 7.93. The summed E-state index contributed by atoms with van der Waals surface area (Å²) in [5.41, 5.74) is 3.34. The van der Waals surface area contributed by atoms with Crippen LogP contribution in [0.1, 0.15) is 12.0 Å². The second kappa shape index (κ2) is 8.36. The standard InChI is InChI=1S/C18H17ClF3NO2/c1-12-9-14(13-3-2-4-15(19)10-13)5-6-16(12)23-17(24)7-8-25-11-18(20,21)22/h2-6,9-10H,7-8,11H2,1H3,(H,23,24). The highest BCUT2D eigenvalue weighted by Crippen LogP contribution is 2.26. The largest absolute Gasteiger partial charge is 0.411 e. The van der Waals surface area contributed by atoms with Crippen molar-refractivity contribution >= 4 is 23.2 Å². The Morgan fingerprint density at radius 3 is 2.52 bits per heavy atom. The molecule has 1 amide bonds. The van der Waals surface area contributed by atoms with Gasteiger partial charge in [-0.2, -0.15) is 13.2 Å². The molecule has 25 heavy (non-hydrogen) atoms. The quantitative estimate of drug-likeness (QED) is 0.707. The molecule has 134 valence electrons. The van der Waals surface area contributed by atoms with Crippen molar-refractivity contribution in [3.05, 3.63) is 53.1 Å². The van der Waals surface area contributed by atoms with E-state index in [-0.39, 0.29) is 13.0 Å². The van der Waals surface area contributed by atoms with Crippen molar-refractivity contribution in [2.45, 2.75) is 19.5 Å². The molecule has 2 rings (SSSR count). The van der Waals surface area contributed by atoms with Crippen LogP contribution >= 0.6 is 11.6 Å². The van der Waals surface area contributed by atoms with Gasteiger partial charge >= 0.3 is 6.18 Å². The van der Waals surface area contributed by atoms with Crippen molar-refractivity contribution in [3.8, 4) is 11.1 Å². The Labute approximate surface area is 148 Å². The van der Waals surface area contributed by atoms with E-state index in [1.807, 2.05) is 37.3 Å². The van der Waals surface area contributed by atoms with Crippen LogP contribution in [-0.4, -0.2) is 25.3 Å². The van der Waals surface area contributed by atoms with E-state index in [1.54, 1.807) is 12.1 Å². The molecule has 0 saturated heterocycles. The van der Waals surface area contributed by atoms with E-state index in [2.05, 4.69) is 10.1 Å². The number of carbonyl (C=O) groups is 1. The molecule has 0 saturated carbocycles. The van der Waals surface area contributed by atoms with Gasteiger partial charge in [-0.25, -0.2) is 0 Å². The molecule has 0 bridgehead atoms. The van der Waals surface area contributed by atoms with Gasteiger partial charge in [0.25, 0.3) is 0 Å². The maximum absolute atomic E-state index is 11.9. The number of amides is 1. The van der Waals surface area contributed by atoms with Gasteiger partial charge in [-0.3, -0.25) is 4.79 Å². The number of alkyl halides is 3. The molecule has 0 unspecified atom stereocenters. The van der Waals surface area contributed by atoms with Gasteiger partial charge in [0.15, 0.2) is 0 Å². The van der Waals surface area contributed by atoms with E-state index >= 15 is 0 Å². The monoisotopic (exact) mass is 371 g/mol. The van der Waals surface area contributed by atoms with Crippen LogP contribution in [0.4, 0.5) is 18.9 Å². The van der Waals surface area contributed by atoms with Gasteiger partial charge in [0.2, 0.25) is 5.91 Å². The summed E-state index contributed by atoms with van der Waals surface area (Å²) >= 11 is 5.98. The number of halogens is 4. The average molecular weight is 372 g/mol. The van der Waals surface area contributed by atoms with Gasteiger partial charge in [0, 0.05) is 10.7 Å². The van der Waals surface area contributed by atoms with E-state index in [9.17, 15) is 18.0 Å². The third-order valence-electron chi connectivity index (χ3n) is 3.40. The lowest BCUT2D eigenvalue weighted by Crippen LogP contribution is -2.20. The summed E-state index contributed by atoms with van der Waals surface area (Å²) in [7, 11) is 0. The Morgan fingerprint density at radius 2 is 1.88 bits per heavy atom. The van der Waals surface area contributed by atoms with Crippen LogP contribution < -0.4 is 5.32 Å². The van der Waals surface area contributed by atoms with Crippen LogP contribution in [0.25, 0.3) is 11.1 Å². The number of benzene rings is 2.